The van der Waals surface area contributed by atoms with Gasteiger partial charge in [0.2, 0.25) is 0 Å². The van der Waals surface area contributed by atoms with E-state index in [1.54, 1.807) is 0 Å². The Labute approximate surface area is 137 Å². The minimum absolute atomic E-state index is 0.530. The second-order valence-electron chi connectivity index (χ2n) is 5.83. The number of hydrogen-bond acceptors (Lipinski definition) is 0. The molecule has 0 aliphatic carbocycles. The van der Waals surface area contributed by atoms with Gasteiger partial charge in [0.1, 0.15) is 0 Å². The van der Waals surface area contributed by atoms with Gasteiger partial charge >= 0.3 is 0 Å². The lowest BCUT2D eigenvalue weighted by atomic mass is 9.92. The average Bonchev–Trinajstić information content (AvgIpc) is 2.56. The second kappa shape index (κ2) is 6.37. The molecule has 0 radical (unpaired) electrons. The maximum atomic E-state index is 6.01. The summed E-state index contributed by atoms with van der Waals surface area (Å²) in [5.41, 5.74) is 6.31. The van der Waals surface area contributed by atoms with Crippen molar-refractivity contribution >= 4 is 11.6 Å². The summed E-state index contributed by atoms with van der Waals surface area (Å²) in [6.07, 6.45) is 0. The lowest BCUT2D eigenvalue weighted by Gasteiger charge is -2.13. The molecular formula is C21H19Cl. The third-order valence-corrected chi connectivity index (χ3v) is 4.20. The molecule has 0 spiro atoms. The molecule has 0 fully saturated rings. The molecule has 0 atom stereocenters. The van der Waals surface area contributed by atoms with Gasteiger partial charge in [-0.3, -0.25) is 0 Å². The molecule has 0 amide bonds. The van der Waals surface area contributed by atoms with Crippen molar-refractivity contribution in [1.82, 2.24) is 0 Å². The summed E-state index contributed by atoms with van der Waals surface area (Å²) in [5.74, 6) is 0.530. The maximum Gasteiger partial charge on any atom is 0.0406 e. The first-order chi connectivity index (χ1) is 10.6. The molecule has 0 unspecified atom stereocenters. The molecule has 0 heterocycles. The average molecular weight is 307 g/mol. The van der Waals surface area contributed by atoms with Crippen LogP contribution in [-0.2, 0) is 0 Å². The molecule has 22 heavy (non-hydrogen) atoms. The van der Waals surface area contributed by atoms with Crippen LogP contribution in [0.25, 0.3) is 22.3 Å². The van der Waals surface area contributed by atoms with Gasteiger partial charge in [-0.15, -0.1) is 0 Å². The fourth-order valence-electron chi connectivity index (χ4n) is 2.68. The first kappa shape index (κ1) is 14.9. The Morgan fingerprint density at radius 2 is 1.32 bits per heavy atom. The topological polar surface area (TPSA) is 0 Å². The van der Waals surface area contributed by atoms with Crippen LogP contribution in [0.15, 0.2) is 72.8 Å². The van der Waals surface area contributed by atoms with Gasteiger partial charge in [-0.25, -0.2) is 0 Å². The number of rotatable bonds is 3. The van der Waals surface area contributed by atoms with Crippen molar-refractivity contribution in [2.24, 2.45) is 0 Å². The van der Waals surface area contributed by atoms with Crippen molar-refractivity contribution in [3.05, 3.63) is 83.4 Å². The van der Waals surface area contributed by atoms with Gasteiger partial charge in [0.15, 0.2) is 0 Å². The monoisotopic (exact) mass is 306 g/mol. The Morgan fingerprint density at radius 3 is 1.95 bits per heavy atom. The summed E-state index contributed by atoms with van der Waals surface area (Å²) in [7, 11) is 0. The van der Waals surface area contributed by atoms with Gasteiger partial charge in [-0.2, -0.15) is 0 Å². The van der Waals surface area contributed by atoms with E-state index in [4.69, 9.17) is 11.6 Å². The highest BCUT2D eigenvalue weighted by atomic mass is 35.5. The van der Waals surface area contributed by atoms with Crippen LogP contribution >= 0.6 is 11.6 Å². The van der Waals surface area contributed by atoms with E-state index in [2.05, 4.69) is 74.5 Å². The molecule has 0 aromatic heterocycles. The van der Waals surface area contributed by atoms with Crippen LogP contribution in [0, 0.1) is 0 Å². The smallest absolute Gasteiger partial charge is 0.0406 e. The van der Waals surface area contributed by atoms with E-state index >= 15 is 0 Å². The Balaban J connectivity index is 2.12. The van der Waals surface area contributed by atoms with Crippen LogP contribution in [0.2, 0.25) is 5.02 Å². The molecule has 0 aliphatic rings. The van der Waals surface area contributed by atoms with Gasteiger partial charge in [0, 0.05) is 5.02 Å². The van der Waals surface area contributed by atoms with Crippen LogP contribution in [-0.4, -0.2) is 0 Å². The van der Waals surface area contributed by atoms with Crippen LogP contribution in [0.4, 0.5) is 0 Å². The SMILES string of the molecule is CC(C)c1cccc(-c2ccccc2-c2ccc(Cl)cc2)c1. The van der Waals surface area contributed by atoms with Gasteiger partial charge in [0.05, 0.1) is 0 Å². The molecular weight excluding hydrogens is 288 g/mol. The Kier molecular flexibility index (Phi) is 4.31. The van der Waals surface area contributed by atoms with Crippen molar-refractivity contribution in [3.63, 3.8) is 0 Å². The van der Waals surface area contributed by atoms with Crippen molar-refractivity contribution in [3.8, 4) is 22.3 Å². The molecule has 0 saturated carbocycles. The van der Waals surface area contributed by atoms with Crippen LogP contribution in [0.5, 0.6) is 0 Å². The minimum Gasteiger partial charge on any atom is -0.0843 e. The summed E-state index contributed by atoms with van der Waals surface area (Å²) in [4.78, 5) is 0. The Bertz CT molecular complexity index is 770. The first-order valence-corrected chi connectivity index (χ1v) is 7.98. The molecule has 0 nitrogen and oxygen atoms in total. The van der Waals surface area contributed by atoms with Gasteiger partial charge in [0.25, 0.3) is 0 Å². The van der Waals surface area contributed by atoms with Gasteiger partial charge in [-0.05, 0) is 45.9 Å². The fraction of sp³-hybridized carbons (Fsp3) is 0.143. The third kappa shape index (κ3) is 3.08. The van der Waals surface area contributed by atoms with Gasteiger partial charge < -0.3 is 0 Å². The molecule has 0 saturated heterocycles. The van der Waals surface area contributed by atoms with E-state index in [-0.39, 0.29) is 0 Å². The molecule has 0 aliphatic heterocycles. The summed E-state index contributed by atoms with van der Waals surface area (Å²) in [6.45, 7) is 4.45. The van der Waals surface area contributed by atoms with Crippen molar-refractivity contribution < 1.29 is 0 Å². The van der Waals surface area contributed by atoms with E-state index in [1.807, 2.05) is 12.1 Å². The van der Waals surface area contributed by atoms with Crippen molar-refractivity contribution in [1.29, 1.82) is 0 Å². The highest BCUT2D eigenvalue weighted by Crippen LogP contribution is 2.33. The van der Waals surface area contributed by atoms with Gasteiger partial charge in [-0.1, -0.05) is 86.1 Å². The van der Waals surface area contributed by atoms with E-state index in [9.17, 15) is 0 Å². The molecule has 110 valence electrons. The van der Waals surface area contributed by atoms with Crippen LogP contribution < -0.4 is 0 Å². The summed E-state index contributed by atoms with van der Waals surface area (Å²) in [5, 5.41) is 0.767. The molecule has 3 aromatic carbocycles. The van der Waals surface area contributed by atoms with Crippen LogP contribution in [0.3, 0.4) is 0 Å². The summed E-state index contributed by atoms with van der Waals surface area (Å²) >= 11 is 6.01. The maximum absolute atomic E-state index is 6.01. The number of hydrogen-bond donors (Lipinski definition) is 0. The van der Waals surface area contributed by atoms with E-state index in [0.29, 0.717) is 5.92 Å². The molecule has 0 N–H and O–H groups in total. The molecule has 1 heteroatoms. The third-order valence-electron chi connectivity index (χ3n) is 3.95. The van der Waals surface area contributed by atoms with E-state index in [0.717, 1.165) is 5.02 Å². The Hall–Kier alpha value is -2.05. The minimum atomic E-state index is 0.530. The standard InChI is InChI=1S/C21H19Cl/c1-15(2)17-6-5-7-18(14-17)21-9-4-3-8-20(21)16-10-12-19(22)13-11-16/h3-15H,1-2H3. The van der Waals surface area contributed by atoms with Crippen molar-refractivity contribution in [2.75, 3.05) is 0 Å². The zero-order valence-electron chi connectivity index (χ0n) is 12.9. The highest BCUT2D eigenvalue weighted by Gasteiger charge is 2.08. The fourth-order valence-corrected chi connectivity index (χ4v) is 2.81. The normalized spacial score (nSPS) is 10.9. The Morgan fingerprint density at radius 1 is 0.682 bits per heavy atom. The predicted molar refractivity (Wildman–Crippen MR) is 96.4 cm³/mol. The largest absolute Gasteiger partial charge is 0.0843 e. The summed E-state index contributed by atoms with van der Waals surface area (Å²) in [6, 6.07) is 25.4. The predicted octanol–water partition coefficient (Wildman–Crippen LogP) is 6.80. The molecule has 0 bridgehead atoms. The second-order valence-corrected chi connectivity index (χ2v) is 6.27. The van der Waals surface area contributed by atoms with Crippen molar-refractivity contribution in [2.45, 2.75) is 19.8 Å². The number of halogens is 1. The van der Waals surface area contributed by atoms with E-state index in [1.165, 1.54) is 27.8 Å². The first-order valence-electron chi connectivity index (χ1n) is 7.60. The zero-order chi connectivity index (χ0) is 15.5. The van der Waals surface area contributed by atoms with Crippen LogP contribution in [0.1, 0.15) is 25.3 Å². The summed E-state index contributed by atoms with van der Waals surface area (Å²) < 4.78 is 0. The number of benzene rings is 3. The highest BCUT2D eigenvalue weighted by molar-refractivity contribution is 6.30. The van der Waals surface area contributed by atoms with E-state index < -0.39 is 0 Å². The molecule has 3 aromatic rings. The quantitative estimate of drug-likeness (QED) is 0.499. The molecule has 3 rings (SSSR count). The lowest BCUT2D eigenvalue weighted by Crippen LogP contribution is -1.89. The lowest BCUT2D eigenvalue weighted by molar-refractivity contribution is 0.867. The zero-order valence-corrected chi connectivity index (χ0v) is 13.6.